The molecule has 102 valence electrons. The monoisotopic (exact) mass is 250 g/mol. The van der Waals surface area contributed by atoms with E-state index >= 15 is 0 Å². The third kappa shape index (κ3) is 2.91. The highest BCUT2D eigenvalue weighted by Crippen LogP contribution is 2.31. The van der Waals surface area contributed by atoms with Crippen LogP contribution in [0.4, 0.5) is 0 Å². The molecule has 0 aromatic carbocycles. The molecular weight excluding hydrogens is 224 g/mol. The molecule has 1 heterocycles. The molecule has 0 saturated heterocycles. The fraction of sp³-hybridized carbons (Fsp3) is 0.857. The van der Waals surface area contributed by atoms with Crippen molar-refractivity contribution in [3.05, 3.63) is 11.6 Å². The van der Waals surface area contributed by atoms with Crippen LogP contribution in [0.15, 0.2) is 0 Å². The van der Waals surface area contributed by atoms with Crippen molar-refractivity contribution in [3.8, 4) is 0 Å². The van der Waals surface area contributed by atoms with E-state index in [-0.39, 0.29) is 5.41 Å². The molecule has 1 fully saturated rings. The lowest BCUT2D eigenvalue weighted by Crippen LogP contribution is -2.38. The molecule has 1 unspecified atom stereocenters. The topological polar surface area (TPSA) is 44.8 Å². The predicted octanol–water partition coefficient (Wildman–Crippen LogP) is 2.72. The number of nitrogens with one attached hydrogen (secondary N) is 1. The Morgan fingerprint density at radius 2 is 2.06 bits per heavy atom. The van der Waals surface area contributed by atoms with E-state index < -0.39 is 0 Å². The van der Waals surface area contributed by atoms with Crippen molar-refractivity contribution in [2.45, 2.75) is 65.0 Å². The minimum absolute atomic E-state index is 0.0207. The maximum absolute atomic E-state index is 4.60. The molecule has 0 aliphatic heterocycles. The average Bonchev–Trinajstić information content (AvgIpc) is 2.62. The normalized spacial score (nSPS) is 19.0. The van der Waals surface area contributed by atoms with Gasteiger partial charge in [0.1, 0.15) is 5.82 Å². The maximum atomic E-state index is 4.60. The molecule has 2 rings (SSSR count). The molecule has 1 saturated carbocycles. The summed E-state index contributed by atoms with van der Waals surface area (Å²) in [7, 11) is 2.18. The number of aromatic nitrogens is 3. The summed E-state index contributed by atoms with van der Waals surface area (Å²) in [4.78, 5) is 6.98. The number of nitrogens with zero attached hydrogens (tertiary/aromatic N) is 3. The molecule has 1 aromatic rings. The summed E-state index contributed by atoms with van der Waals surface area (Å²) in [5, 5.41) is 7.39. The number of H-pyrrole nitrogens is 1. The van der Waals surface area contributed by atoms with E-state index in [1.54, 1.807) is 0 Å². The minimum Gasteiger partial charge on any atom is -0.296 e. The van der Waals surface area contributed by atoms with Gasteiger partial charge in [0, 0.05) is 11.5 Å². The Morgan fingerprint density at radius 1 is 1.39 bits per heavy atom. The molecule has 0 amide bonds. The van der Waals surface area contributed by atoms with Crippen LogP contribution in [0.3, 0.4) is 0 Å². The SMILES string of the molecule is CC(C1CCC1)N(C)Cc1nc(C(C)(C)C)n[nH]1. The van der Waals surface area contributed by atoms with Crippen molar-refractivity contribution in [1.29, 1.82) is 0 Å². The first-order valence-corrected chi connectivity index (χ1v) is 7.00. The molecule has 18 heavy (non-hydrogen) atoms. The summed E-state index contributed by atoms with van der Waals surface area (Å²) in [6.45, 7) is 9.60. The summed E-state index contributed by atoms with van der Waals surface area (Å²) < 4.78 is 0. The quantitative estimate of drug-likeness (QED) is 0.893. The van der Waals surface area contributed by atoms with Crippen molar-refractivity contribution >= 4 is 0 Å². The Balaban J connectivity index is 1.94. The Labute approximate surface area is 110 Å². The van der Waals surface area contributed by atoms with Gasteiger partial charge in [-0.05, 0) is 32.7 Å². The van der Waals surface area contributed by atoms with Gasteiger partial charge in [-0.15, -0.1) is 0 Å². The molecular formula is C14H26N4. The smallest absolute Gasteiger partial charge is 0.156 e. The predicted molar refractivity (Wildman–Crippen MR) is 73.4 cm³/mol. The highest BCUT2D eigenvalue weighted by atomic mass is 15.3. The number of rotatable bonds is 4. The van der Waals surface area contributed by atoms with E-state index in [9.17, 15) is 0 Å². The van der Waals surface area contributed by atoms with Gasteiger partial charge in [0.15, 0.2) is 5.82 Å². The van der Waals surface area contributed by atoms with E-state index in [2.05, 4.69) is 54.8 Å². The van der Waals surface area contributed by atoms with Crippen LogP contribution in [-0.4, -0.2) is 33.2 Å². The summed E-state index contributed by atoms with van der Waals surface area (Å²) in [6, 6.07) is 0.641. The lowest BCUT2D eigenvalue weighted by molar-refractivity contribution is 0.124. The summed E-state index contributed by atoms with van der Waals surface area (Å²) >= 11 is 0. The van der Waals surface area contributed by atoms with Crippen molar-refractivity contribution in [2.24, 2.45) is 5.92 Å². The van der Waals surface area contributed by atoms with Crippen LogP contribution in [0.5, 0.6) is 0 Å². The van der Waals surface area contributed by atoms with Crippen molar-refractivity contribution in [2.75, 3.05) is 7.05 Å². The Bertz CT molecular complexity index is 387. The zero-order valence-electron chi connectivity index (χ0n) is 12.3. The molecule has 1 atom stereocenters. The number of hydrogen-bond acceptors (Lipinski definition) is 3. The van der Waals surface area contributed by atoms with Crippen molar-refractivity contribution < 1.29 is 0 Å². The van der Waals surface area contributed by atoms with Gasteiger partial charge in [-0.25, -0.2) is 4.98 Å². The first-order valence-electron chi connectivity index (χ1n) is 7.00. The highest BCUT2D eigenvalue weighted by Gasteiger charge is 2.27. The summed E-state index contributed by atoms with van der Waals surface area (Å²) in [6.07, 6.45) is 4.17. The molecule has 0 radical (unpaired) electrons. The zero-order chi connectivity index (χ0) is 13.3. The zero-order valence-corrected chi connectivity index (χ0v) is 12.3. The van der Waals surface area contributed by atoms with Gasteiger partial charge >= 0.3 is 0 Å². The van der Waals surface area contributed by atoms with Crippen LogP contribution in [-0.2, 0) is 12.0 Å². The highest BCUT2D eigenvalue weighted by molar-refractivity contribution is 5.02. The van der Waals surface area contributed by atoms with E-state index in [1.165, 1.54) is 19.3 Å². The second kappa shape index (κ2) is 5.00. The van der Waals surface area contributed by atoms with Gasteiger partial charge in [0.05, 0.1) is 6.54 Å². The van der Waals surface area contributed by atoms with Crippen LogP contribution in [0.1, 0.15) is 58.6 Å². The van der Waals surface area contributed by atoms with E-state index in [0.717, 1.165) is 24.1 Å². The van der Waals surface area contributed by atoms with Crippen LogP contribution in [0, 0.1) is 5.92 Å². The Kier molecular flexibility index (Phi) is 3.76. The Hall–Kier alpha value is -0.900. The summed E-state index contributed by atoms with van der Waals surface area (Å²) in [5.74, 6) is 2.76. The molecule has 1 aliphatic carbocycles. The van der Waals surface area contributed by atoms with Crippen molar-refractivity contribution in [3.63, 3.8) is 0 Å². The van der Waals surface area contributed by atoms with Crippen LogP contribution < -0.4 is 0 Å². The molecule has 4 nitrogen and oxygen atoms in total. The van der Waals surface area contributed by atoms with Gasteiger partial charge in [-0.1, -0.05) is 27.2 Å². The third-order valence-corrected chi connectivity index (χ3v) is 4.13. The molecule has 1 N–H and O–H groups in total. The van der Waals surface area contributed by atoms with Gasteiger partial charge < -0.3 is 0 Å². The van der Waals surface area contributed by atoms with Gasteiger partial charge in [0.25, 0.3) is 0 Å². The van der Waals surface area contributed by atoms with Gasteiger partial charge in [-0.2, -0.15) is 5.10 Å². The second-order valence-corrected chi connectivity index (χ2v) is 6.70. The molecule has 0 bridgehead atoms. The molecule has 4 heteroatoms. The van der Waals surface area contributed by atoms with Crippen LogP contribution >= 0.6 is 0 Å². The lowest BCUT2D eigenvalue weighted by Gasteiger charge is -2.36. The van der Waals surface area contributed by atoms with Crippen molar-refractivity contribution in [1.82, 2.24) is 20.1 Å². The van der Waals surface area contributed by atoms with Gasteiger partial charge in [-0.3, -0.25) is 10.00 Å². The van der Waals surface area contributed by atoms with Gasteiger partial charge in [0.2, 0.25) is 0 Å². The van der Waals surface area contributed by atoms with E-state index in [4.69, 9.17) is 0 Å². The average molecular weight is 250 g/mol. The summed E-state index contributed by atoms with van der Waals surface area (Å²) in [5.41, 5.74) is 0.0207. The fourth-order valence-corrected chi connectivity index (χ4v) is 2.36. The Morgan fingerprint density at radius 3 is 2.50 bits per heavy atom. The van der Waals surface area contributed by atoms with E-state index in [0.29, 0.717) is 6.04 Å². The first kappa shape index (κ1) is 13.5. The third-order valence-electron chi connectivity index (χ3n) is 4.13. The molecule has 1 aromatic heterocycles. The minimum atomic E-state index is 0.0207. The lowest BCUT2D eigenvalue weighted by atomic mass is 9.80. The number of aromatic amines is 1. The molecule has 1 aliphatic rings. The van der Waals surface area contributed by atoms with Crippen LogP contribution in [0.25, 0.3) is 0 Å². The first-order chi connectivity index (χ1) is 8.38. The second-order valence-electron chi connectivity index (χ2n) is 6.70. The van der Waals surface area contributed by atoms with E-state index in [1.807, 2.05) is 0 Å². The number of hydrogen-bond donors (Lipinski definition) is 1. The molecule has 0 spiro atoms. The largest absolute Gasteiger partial charge is 0.296 e. The van der Waals surface area contributed by atoms with Crippen LogP contribution in [0.2, 0.25) is 0 Å². The maximum Gasteiger partial charge on any atom is 0.156 e. The standard InChI is InChI=1S/C14H26N4/c1-10(11-7-6-8-11)18(5)9-12-15-13(17-16-12)14(2,3)4/h10-11H,6-9H2,1-5H3,(H,15,16,17). The fourth-order valence-electron chi connectivity index (χ4n) is 2.36.